The zero-order valence-corrected chi connectivity index (χ0v) is 18.6. The highest BCUT2D eigenvalue weighted by Crippen LogP contribution is 2.15. The van der Waals surface area contributed by atoms with Crippen LogP contribution in [0.3, 0.4) is 0 Å². The van der Waals surface area contributed by atoms with Crippen LogP contribution in [0.25, 0.3) is 0 Å². The molecule has 1 amide bonds. The Labute approximate surface area is 193 Å². The number of methoxy groups -OCH3 is 1. The van der Waals surface area contributed by atoms with Crippen molar-refractivity contribution >= 4 is 17.8 Å². The van der Waals surface area contributed by atoms with Crippen molar-refractivity contribution in [1.82, 2.24) is 15.3 Å². The zero-order chi connectivity index (χ0) is 23.3. The lowest BCUT2D eigenvalue weighted by atomic mass is 10.1. The minimum absolute atomic E-state index is 0.318. The Balaban J connectivity index is 1.43. The number of carbonyl (C=O) groups excluding carboxylic acids is 2. The van der Waals surface area contributed by atoms with Crippen molar-refractivity contribution in [3.05, 3.63) is 84.2 Å². The Morgan fingerprint density at radius 2 is 1.67 bits per heavy atom. The van der Waals surface area contributed by atoms with E-state index < -0.39 is 12.0 Å². The molecular formula is C25H28N4O4. The van der Waals surface area contributed by atoms with Gasteiger partial charge in [-0.05, 0) is 48.7 Å². The predicted molar refractivity (Wildman–Crippen MR) is 125 cm³/mol. The molecule has 0 bridgehead atoms. The molecule has 0 saturated carbocycles. The normalized spacial score (nSPS) is 11.3. The summed E-state index contributed by atoms with van der Waals surface area (Å²) >= 11 is 0. The second-order valence-corrected chi connectivity index (χ2v) is 7.32. The lowest BCUT2D eigenvalue weighted by Gasteiger charge is -2.17. The number of amides is 1. The van der Waals surface area contributed by atoms with Gasteiger partial charge in [-0.2, -0.15) is 0 Å². The van der Waals surface area contributed by atoms with Gasteiger partial charge >= 0.3 is 5.97 Å². The molecule has 1 heterocycles. The quantitative estimate of drug-likeness (QED) is 0.324. The van der Waals surface area contributed by atoms with Crippen LogP contribution in [0.1, 0.15) is 28.8 Å². The van der Waals surface area contributed by atoms with E-state index in [4.69, 9.17) is 9.47 Å². The number of anilines is 1. The number of aromatic nitrogens is 2. The van der Waals surface area contributed by atoms with Crippen LogP contribution in [0.15, 0.2) is 73.1 Å². The number of benzene rings is 2. The fraction of sp³-hybridized carbons (Fsp3) is 0.280. The molecule has 0 aliphatic rings. The number of unbranched alkanes of at least 4 members (excludes halogenated alkanes) is 1. The maximum absolute atomic E-state index is 12.4. The minimum atomic E-state index is -0.782. The molecule has 1 atom stereocenters. The Morgan fingerprint density at radius 1 is 0.939 bits per heavy atom. The Hall–Kier alpha value is -3.94. The third kappa shape index (κ3) is 7.92. The molecule has 0 saturated heterocycles. The van der Waals surface area contributed by atoms with Gasteiger partial charge in [-0.15, -0.1) is 0 Å². The summed E-state index contributed by atoms with van der Waals surface area (Å²) in [4.78, 5) is 32.9. The van der Waals surface area contributed by atoms with Crippen LogP contribution in [0, 0.1) is 0 Å². The van der Waals surface area contributed by atoms with E-state index in [1.54, 1.807) is 42.7 Å². The van der Waals surface area contributed by atoms with Crippen molar-refractivity contribution in [2.75, 3.05) is 25.6 Å². The highest BCUT2D eigenvalue weighted by atomic mass is 16.5. The van der Waals surface area contributed by atoms with Gasteiger partial charge in [-0.3, -0.25) is 4.79 Å². The summed E-state index contributed by atoms with van der Waals surface area (Å²) in [5, 5.41) is 5.91. The van der Waals surface area contributed by atoms with Crippen molar-refractivity contribution in [3.8, 4) is 5.75 Å². The smallest absolute Gasteiger partial charge is 0.328 e. The van der Waals surface area contributed by atoms with E-state index in [1.165, 1.54) is 7.11 Å². The largest absolute Gasteiger partial charge is 0.494 e. The highest BCUT2D eigenvalue weighted by Gasteiger charge is 2.22. The standard InChI is InChI=1S/C25H28N4O4/c1-32-24(31)22(29-23(30)20-8-3-2-4-9-20)18-19-10-12-21(13-11-19)33-17-6-5-14-26-25-27-15-7-16-28-25/h2-4,7-13,15-16,22H,5-6,14,17-18H2,1H3,(H,29,30)(H,26,27,28). The zero-order valence-electron chi connectivity index (χ0n) is 18.6. The van der Waals surface area contributed by atoms with Crippen LogP contribution in [-0.2, 0) is 16.0 Å². The highest BCUT2D eigenvalue weighted by molar-refractivity contribution is 5.96. The fourth-order valence-corrected chi connectivity index (χ4v) is 3.13. The Kier molecular flexibility index (Phi) is 9.20. The number of rotatable bonds is 12. The van der Waals surface area contributed by atoms with Gasteiger partial charge in [0.25, 0.3) is 5.91 Å². The number of nitrogens with zero attached hydrogens (tertiary/aromatic N) is 2. The van der Waals surface area contributed by atoms with E-state index >= 15 is 0 Å². The number of hydrogen-bond donors (Lipinski definition) is 2. The summed E-state index contributed by atoms with van der Waals surface area (Å²) in [6.45, 7) is 1.37. The topological polar surface area (TPSA) is 102 Å². The Morgan fingerprint density at radius 3 is 2.36 bits per heavy atom. The number of hydrogen-bond acceptors (Lipinski definition) is 7. The summed E-state index contributed by atoms with van der Waals surface area (Å²) in [6, 6.07) is 17.2. The van der Waals surface area contributed by atoms with Gasteiger partial charge in [0.1, 0.15) is 11.8 Å². The molecule has 0 fully saturated rings. The molecule has 33 heavy (non-hydrogen) atoms. The molecule has 8 heteroatoms. The number of nitrogens with one attached hydrogen (secondary N) is 2. The molecule has 3 aromatic rings. The maximum Gasteiger partial charge on any atom is 0.328 e. The fourth-order valence-electron chi connectivity index (χ4n) is 3.13. The van der Waals surface area contributed by atoms with E-state index in [2.05, 4.69) is 20.6 Å². The summed E-state index contributed by atoms with van der Waals surface area (Å²) in [5.74, 6) is 0.564. The van der Waals surface area contributed by atoms with Crippen LogP contribution >= 0.6 is 0 Å². The van der Waals surface area contributed by atoms with Gasteiger partial charge in [0.15, 0.2) is 0 Å². The van der Waals surface area contributed by atoms with Gasteiger partial charge in [-0.25, -0.2) is 14.8 Å². The number of carbonyl (C=O) groups is 2. The average molecular weight is 449 g/mol. The van der Waals surface area contributed by atoms with E-state index in [1.807, 2.05) is 30.3 Å². The van der Waals surface area contributed by atoms with Gasteiger partial charge in [0.2, 0.25) is 5.95 Å². The van der Waals surface area contributed by atoms with Crippen molar-refractivity contribution in [2.45, 2.75) is 25.3 Å². The monoisotopic (exact) mass is 448 g/mol. The number of ether oxygens (including phenoxy) is 2. The van der Waals surface area contributed by atoms with E-state index in [0.717, 1.165) is 30.7 Å². The van der Waals surface area contributed by atoms with E-state index in [0.29, 0.717) is 24.5 Å². The first-order valence-corrected chi connectivity index (χ1v) is 10.8. The molecular weight excluding hydrogens is 420 g/mol. The average Bonchev–Trinajstić information content (AvgIpc) is 2.87. The van der Waals surface area contributed by atoms with Crippen LogP contribution in [0.5, 0.6) is 5.75 Å². The lowest BCUT2D eigenvalue weighted by Crippen LogP contribution is -2.43. The van der Waals surface area contributed by atoms with Crippen LogP contribution in [0.2, 0.25) is 0 Å². The van der Waals surface area contributed by atoms with Gasteiger partial charge < -0.3 is 20.1 Å². The van der Waals surface area contributed by atoms with Crippen molar-refractivity contribution < 1.29 is 19.1 Å². The third-order valence-corrected chi connectivity index (χ3v) is 4.88. The second-order valence-electron chi connectivity index (χ2n) is 7.32. The van der Waals surface area contributed by atoms with Crippen molar-refractivity contribution in [1.29, 1.82) is 0 Å². The molecule has 2 aromatic carbocycles. The predicted octanol–water partition coefficient (Wildman–Crippen LogP) is 3.26. The maximum atomic E-state index is 12.4. The van der Waals surface area contributed by atoms with Crippen LogP contribution in [0.4, 0.5) is 5.95 Å². The SMILES string of the molecule is COC(=O)C(Cc1ccc(OCCCCNc2ncccn2)cc1)NC(=O)c1ccccc1. The summed E-state index contributed by atoms with van der Waals surface area (Å²) < 4.78 is 10.7. The molecule has 0 aliphatic heterocycles. The molecule has 8 nitrogen and oxygen atoms in total. The third-order valence-electron chi connectivity index (χ3n) is 4.88. The minimum Gasteiger partial charge on any atom is -0.494 e. The van der Waals surface area contributed by atoms with E-state index in [9.17, 15) is 9.59 Å². The summed E-state index contributed by atoms with van der Waals surface area (Å²) in [5.41, 5.74) is 1.37. The number of esters is 1. The van der Waals surface area contributed by atoms with Gasteiger partial charge in [0, 0.05) is 30.9 Å². The molecule has 0 aliphatic carbocycles. The van der Waals surface area contributed by atoms with Crippen molar-refractivity contribution in [2.24, 2.45) is 0 Å². The first-order chi connectivity index (χ1) is 16.2. The van der Waals surface area contributed by atoms with Crippen LogP contribution < -0.4 is 15.4 Å². The van der Waals surface area contributed by atoms with Gasteiger partial charge in [-0.1, -0.05) is 30.3 Å². The molecule has 1 aromatic heterocycles. The molecule has 0 radical (unpaired) electrons. The molecule has 0 spiro atoms. The van der Waals surface area contributed by atoms with Gasteiger partial charge in [0.05, 0.1) is 13.7 Å². The Bertz CT molecular complexity index is 998. The van der Waals surface area contributed by atoms with Crippen molar-refractivity contribution in [3.63, 3.8) is 0 Å². The lowest BCUT2D eigenvalue weighted by molar-refractivity contribution is -0.142. The second kappa shape index (κ2) is 12.8. The molecule has 172 valence electrons. The summed E-state index contributed by atoms with van der Waals surface area (Å²) in [6.07, 6.45) is 5.54. The first-order valence-electron chi connectivity index (χ1n) is 10.8. The van der Waals surface area contributed by atoms with Crippen LogP contribution in [-0.4, -0.2) is 48.1 Å². The molecule has 3 rings (SSSR count). The van der Waals surface area contributed by atoms with E-state index in [-0.39, 0.29) is 5.91 Å². The molecule has 2 N–H and O–H groups in total. The first kappa shape index (κ1) is 23.7. The molecule has 1 unspecified atom stereocenters. The summed E-state index contributed by atoms with van der Waals surface area (Å²) in [7, 11) is 1.31.